The zero-order chi connectivity index (χ0) is 13.7. The lowest BCUT2D eigenvalue weighted by Crippen LogP contribution is -2.39. The Morgan fingerprint density at radius 3 is 2.68 bits per heavy atom. The first kappa shape index (κ1) is 14.0. The lowest BCUT2D eigenvalue weighted by molar-refractivity contribution is -0.143. The summed E-state index contributed by atoms with van der Waals surface area (Å²) in [7, 11) is 0. The maximum absolute atomic E-state index is 11.6. The number of carboxylic acid groups (broad SMARTS) is 1. The quantitative estimate of drug-likeness (QED) is 0.758. The second-order valence-corrected chi connectivity index (χ2v) is 5.55. The largest absolute Gasteiger partial charge is 0.481 e. The summed E-state index contributed by atoms with van der Waals surface area (Å²) in [6.07, 6.45) is 4.62. The van der Waals surface area contributed by atoms with Gasteiger partial charge in [-0.3, -0.25) is 9.59 Å². The summed E-state index contributed by atoms with van der Waals surface area (Å²) in [4.78, 5) is 26.4. The molecule has 1 saturated carbocycles. The van der Waals surface area contributed by atoms with Gasteiger partial charge in [0.25, 0.3) is 0 Å². The molecule has 0 unspecified atom stereocenters. The van der Waals surface area contributed by atoms with Crippen LogP contribution in [0.4, 0.5) is 5.13 Å². The van der Waals surface area contributed by atoms with E-state index in [0.29, 0.717) is 18.0 Å². The summed E-state index contributed by atoms with van der Waals surface area (Å²) in [6.45, 7) is 0.238. The van der Waals surface area contributed by atoms with E-state index in [4.69, 9.17) is 5.11 Å². The second-order valence-electron chi connectivity index (χ2n) is 4.65. The molecule has 1 amide bonds. The highest BCUT2D eigenvalue weighted by molar-refractivity contribution is 7.13. The predicted molar refractivity (Wildman–Crippen MR) is 72.1 cm³/mol. The highest BCUT2D eigenvalue weighted by Crippen LogP contribution is 2.24. The minimum Gasteiger partial charge on any atom is -0.481 e. The number of nitrogens with zero attached hydrogens (tertiary/aromatic N) is 1. The van der Waals surface area contributed by atoms with E-state index in [1.165, 1.54) is 11.3 Å². The smallest absolute Gasteiger partial charge is 0.306 e. The van der Waals surface area contributed by atoms with Crippen molar-refractivity contribution >= 4 is 28.3 Å². The fraction of sp³-hybridized carbons (Fsp3) is 0.583. The molecular weight excluding hydrogens is 266 g/mol. The number of aliphatic carboxylic acids is 1. The predicted octanol–water partition coefficient (Wildman–Crippen LogP) is 1.31. The number of hydrogen-bond acceptors (Lipinski definition) is 5. The summed E-state index contributed by atoms with van der Waals surface area (Å²) < 4.78 is 0. The van der Waals surface area contributed by atoms with Crippen LogP contribution in [-0.4, -0.2) is 34.6 Å². The van der Waals surface area contributed by atoms with Crippen LogP contribution in [0.3, 0.4) is 0 Å². The van der Waals surface area contributed by atoms with Crippen molar-refractivity contribution in [1.82, 2.24) is 10.3 Å². The fourth-order valence-corrected chi connectivity index (χ4v) is 2.78. The molecule has 6 nitrogen and oxygen atoms in total. The van der Waals surface area contributed by atoms with Crippen molar-refractivity contribution in [3.63, 3.8) is 0 Å². The Kier molecular flexibility index (Phi) is 4.86. The molecule has 0 radical (unpaired) electrons. The summed E-state index contributed by atoms with van der Waals surface area (Å²) in [5.41, 5.74) is 0. The van der Waals surface area contributed by atoms with Gasteiger partial charge in [0.05, 0.1) is 12.5 Å². The molecule has 1 aromatic rings. The van der Waals surface area contributed by atoms with Crippen molar-refractivity contribution in [1.29, 1.82) is 0 Å². The molecule has 1 aliphatic rings. The van der Waals surface area contributed by atoms with Gasteiger partial charge in [-0.15, -0.1) is 11.3 Å². The molecule has 7 heteroatoms. The standard InChI is InChI=1S/C12H17N3O3S/c16-10(15-12-13-5-6-19-12)7-14-9-3-1-8(2-4-9)11(17)18/h5-6,8-9,14H,1-4,7H2,(H,17,18)(H,13,15,16). The average Bonchev–Trinajstić information content (AvgIpc) is 2.89. The van der Waals surface area contributed by atoms with Gasteiger partial charge in [0.1, 0.15) is 0 Å². The fourth-order valence-electron chi connectivity index (χ4n) is 2.23. The average molecular weight is 283 g/mol. The third-order valence-electron chi connectivity index (χ3n) is 3.31. The van der Waals surface area contributed by atoms with E-state index >= 15 is 0 Å². The molecule has 1 heterocycles. The van der Waals surface area contributed by atoms with Crippen molar-refractivity contribution in [2.75, 3.05) is 11.9 Å². The number of carbonyl (C=O) groups excluding carboxylic acids is 1. The van der Waals surface area contributed by atoms with Gasteiger partial charge in [-0.05, 0) is 25.7 Å². The molecule has 1 aliphatic carbocycles. The Labute approximate surface area is 115 Å². The number of anilines is 1. The minimum atomic E-state index is -0.708. The van der Waals surface area contributed by atoms with Gasteiger partial charge in [-0.2, -0.15) is 0 Å². The van der Waals surface area contributed by atoms with Gasteiger partial charge in [-0.1, -0.05) is 0 Å². The van der Waals surface area contributed by atoms with Crippen LogP contribution in [-0.2, 0) is 9.59 Å². The zero-order valence-electron chi connectivity index (χ0n) is 10.5. The normalized spacial score (nSPS) is 22.9. The summed E-state index contributed by atoms with van der Waals surface area (Å²) in [5, 5.41) is 17.2. The lowest BCUT2D eigenvalue weighted by Gasteiger charge is -2.26. The van der Waals surface area contributed by atoms with Gasteiger partial charge in [0.15, 0.2) is 5.13 Å². The molecule has 0 saturated heterocycles. The van der Waals surface area contributed by atoms with Crippen LogP contribution >= 0.6 is 11.3 Å². The summed E-state index contributed by atoms with van der Waals surface area (Å²) in [6, 6.07) is 0.234. The first-order valence-corrected chi connectivity index (χ1v) is 7.18. The SMILES string of the molecule is O=C(CNC1CCC(C(=O)O)CC1)Nc1nccs1. The van der Waals surface area contributed by atoms with Crippen molar-refractivity contribution < 1.29 is 14.7 Å². The van der Waals surface area contributed by atoms with E-state index in [1.807, 2.05) is 0 Å². The number of aromatic nitrogens is 1. The first-order chi connectivity index (χ1) is 9.15. The van der Waals surface area contributed by atoms with Crippen LogP contribution in [0.15, 0.2) is 11.6 Å². The molecule has 0 bridgehead atoms. The first-order valence-electron chi connectivity index (χ1n) is 6.30. The van der Waals surface area contributed by atoms with Gasteiger partial charge < -0.3 is 15.7 Å². The van der Waals surface area contributed by atoms with Crippen LogP contribution in [0.25, 0.3) is 0 Å². The van der Waals surface area contributed by atoms with Gasteiger partial charge >= 0.3 is 5.97 Å². The van der Waals surface area contributed by atoms with Crippen LogP contribution in [0.1, 0.15) is 25.7 Å². The molecule has 0 aliphatic heterocycles. The number of rotatable bonds is 5. The molecule has 1 fully saturated rings. The number of thiazole rings is 1. The third-order valence-corrected chi connectivity index (χ3v) is 3.99. The molecule has 0 aromatic carbocycles. The van der Waals surface area contributed by atoms with E-state index in [9.17, 15) is 9.59 Å². The van der Waals surface area contributed by atoms with Gasteiger partial charge in [0.2, 0.25) is 5.91 Å². The zero-order valence-corrected chi connectivity index (χ0v) is 11.3. The van der Waals surface area contributed by atoms with Crippen molar-refractivity contribution in [3.05, 3.63) is 11.6 Å². The molecule has 104 valence electrons. The molecular formula is C12H17N3O3S. The Balaban J connectivity index is 1.66. The van der Waals surface area contributed by atoms with Crippen LogP contribution in [0, 0.1) is 5.92 Å². The van der Waals surface area contributed by atoms with Crippen molar-refractivity contribution in [2.24, 2.45) is 5.92 Å². The third kappa shape index (κ3) is 4.29. The topological polar surface area (TPSA) is 91.3 Å². The molecule has 3 N–H and O–H groups in total. The maximum Gasteiger partial charge on any atom is 0.306 e. The molecule has 19 heavy (non-hydrogen) atoms. The number of amides is 1. The van der Waals surface area contributed by atoms with Crippen LogP contribution in [0.5, 0.6) is 0 Å². The van der Waals surface area contributed by atoms with Gasteiger partial charge in [0, 0.05) is 17.6 Å². The summed E-state index contributed by atoms with van der Waals surface area (Å²) in [5.74, 6) is -1.04. The molecule has 1 aromatic heterocycles. The minimum absolute atomic E-state index is 0.115. The summed E-state index contributed by atoms with van der Waals surface area (Å²) >= 11 is 1.38. The van der Waals surface area contributed by atoms with Crippen molar-refractivity contribution in [3.8, 4) is 0 Å². The Morgan fingerprint density at radius 1 is 1.37 bits per heavy atom. The van der Waals surface area contributed by atoms with Crippen molar-refractivity contribution in [2.45, 2.75) is 31.7 Å². The monoisotopic (exact) mass is 283 g/mol. The number of carboxylic acids is 1. The Bertz CT molecular complexity index is 427. The van der Waals surface area contributed by atoms with Crippen LogP contribution < -0.4 is 10.6 Å². The van der Waals surface area contributed by atoms with E-state index in [2.05, 4.69) is 15.6 Å². The molecule has 0 atom stereocenters. The van der Waals surface area contributed by atoms with E-state index in [-0.39, 0.29) is 24.4 Å². The highest BCUT2D eigenvalue weighted by atomic mass is 32.1. The van der Waals surface area contributed by atoms with Gasteiger partial charge in [-0.25, -0.2) is 4.98 Å². The number of nitrogens with one attached hydrogen (secondary N) is 2. The Hall–Kier alpha value is -1.47. The maximum atomic E-state index is 11.6. The Morgan fingerprint density at radius 2 is 2.11 bits per heavy atom. The van der Waals surface area contributed by atoms with E-state index in [0.717, 1.165) is 12.8 Å². The van der Waals surface area contributed by atoms with E-state index < -0.39 is 5.97 Å². The van der Waals surface area contributed by atoms with E-state index in [1.54, 1.807) is 11.6 Å². The number of carbonyl (C=O) groups is 2. The van der Waals surface area contributed by atoms with Crippen LogP contribution in [0.2, 0.25) is 0 Å². The second kappa shape index (κ2) is 6.63. The lowest BCUT2D eigenvalue weighted by atomic mass is 9.86. The number of hydrogen-bond donors (Lipinski definition) is 3. The molecule has 0 spiro atoms. The molecule has 2 rings (SSSR count). The highest BCUT2D eigenvalue weighted by Gasteiger charge is 2.25.